The second-order valence-electron chi connectivity index (χ2n) is 4.63. The minimum absolute atomic E-state index is 0.00662. The Hall–Kier alpha value is -1.91. The second kappa shape index (κ2) is 5.84. The molecule has 0 unspecified atom stereocenters. The highest BCUT2D eigenvalue weighted by atomic mass is 35.5. The first-order chi connectivity index (χ1) is 10.1. The number of hydrogen-bond acceptors (Lipinski definition) is 3. The molecule has 4 nitrogen and oxygen atoms in total. The first-order valence-corrected chi connectivity index (χ1v) is 7.16. The van der Waals surface area contributed by atoms with Crippen LogP contribution in [0, 0.1) is 0 Å². The Morgan fingerprint density at radius 3 is 2.81 bits per heavy atom. The first-order valence-electron chi connectivity index (χ1n) is 6.40. The quantitative estimate of drug-likeness (QED) is 0.737. The average Bonchev–Trinajstić information content (AvgIpc) is 2.90. The van der Waals surface area contributed by atoms with E-state index in [9.17, 15) is 4.79 Å². The van der Waals surface area contributed by atoms with Gasteiger partial charge in [-0.25, -0.2) is 4.98 Å². The lowest BCUT2D eigenvalue weighted by atomic mass is 10.1. The number of imidazole rings is 1. The Balaban J connectivity index is 1.71. The Morgan fingerprint density at radius 2 is 2.05 bits per heavy atom. The molecule has 2 aromatic heterocycles. The lowest BCUT2D eigenvalue weighted by Gasteiger charge is -2.02. The van der Waals surface area contributed by atoms with Crippen molar-refractivity contribution in [3.8, 4) is 0 Å². The van der Waals surface area contributed by atoms with Gasteiger partial charge < -0.3 is 4.98 Å². The summed E-state index contributed by atoms with van der Waals surface area (Å²) in [5.74, 6) is 0.776. The van der Waals surface area contributed by atoms with Gasteiger partial charge in [-0.1, -0.05) is 23.2 Å². The Kier molecular flexibility index (Phi) is 3.90. The van der Waals surface area contributed by atoms with Crippen LogP contribution in [0.5, 0.6) is 0 Å². The highest BCUT2D eigenvalue weighted by Gasteiger charge is 2.10. The molecule has 3 rings (SSSR count). The molecule has 0 aliphatic rings. The number of pyridine rings is 1. The Bertz CT molecular complexity index is 781. The Labute approximate surface area is 131 Å². The van der Waals surface area contributed by atoms with E-state index in [4.69, 9.17) is 23.2 Å². The standard InChI is InChI=1S/C15H11Cl2N3O/c16-10-2-1-9(7-11(10)17)14(21)3-4-15-19-12-5-6-18-8-13(12)20-15/h1-2,5-8H,3-4H2,(H,19,20). The predicted octanol–water partition coefficient (Wildman–Crippen LogP) is 4.08. The third-order valence-corrected chi connectivity index (χ3v) is 3.90. The number of fused-ring (bicyclic) bond motifs is 1. The number of carbonyl (C=O) groups excluding carboxylic acids is 1. The largest absolute Gasteiger partial charge is 0.341 e. The fourth-order valence-electron chi connectivity index (χ4n) is 2.07. The summed E-state index contributed by atoms with van der Waals surface area (Å²) in [6.45, 7) is 0. The van der Waals surface area contributed by atoms with Gasteiger partial charge in [0.25, 0.3) is 0 Å². The molecule has 0 amide bonds. The molecule has 0 saturated carbocycles. The fourth-order valence-corrected chi connectivity index (χ4v) is 2.37. The maximum Gasteiger partial charge on any atom is 0.163 e. The van der Waals surface area contributed by atoms with Crippen LogP contribution in [-0.2, 0) is 6.42 Å². The fraction of sp³-hybridized carbons (Fsp3) is 0.133. The minimum Gasteiger partial charge on any atom is -0.341 e. The number of aryl methyl sites for hydroxylation is 1. The van der Waals surface area contributed by atoms with E-state index in [2.05, 4.69) is 15.0 Å². The minimum atomic E-state index is 0.00662. The van der Waals surface area contributed by atoms with Crippen LogP contribution in [0.2, 0.25) is 10.0 Å². The third kappa shape index (κ3) is 3.06. The van der Waals surface area contributed by atoms with E-state index in [0.29, 0.717) is 28.5 Å². The summed E-state index contributed by atoms with van der Waals surface area (Å²) in [4.78, 5) is 23.7. The van der Waals surface area contributed by atoms with Gasteiger partial charge in [-0.2, -0.15) is 0 Å². The number of aromatic amines is 1. The predicted molar refractivity (Wildman–Crippen MR) is 83.0 cm³/mol. The molecule has 0 fully saturated rings. The molecule has 1 N–H and O–H groups in total. The third-order valence-electron chi connectivity index (χ3n) is 3.16. The molecule has 106 valence electrons. The van der Waals surface area contributed by atoms with Gasteiger partial charge in [-0.05, 0) is 24.3 Å². The molecule has 0 spiro atoms. The highest BCUT2D eigenvalue weighted by Crippen LogP contribution is 2.23. The zero-order valence-corrected chi connectivity index (χ0v) is 12.4. The van der Waals surface area contributed by atoms with Crippen molar-refractivity contribution >= 4 is 40.0 Å². The van der Waals surface area contributed by atoms with E-state index in [0.717, 1.165) is 16.9 Å². The van der Waals surface area contributed by atoms with Crippen LogP contribution in [0.15, 0.2) is 36.7 Å². The number of carbonyl (C=O) groups is 1. The molecule has 0 atom stereocenters. The zero-order chi connectivity index (χ0) is 14.8. The number of hydrogen-bond donors (Lipinski definition) is 1. The van der Waals surface area contributed by atoms with Gasteiger partial charge >= 0.3 is 0 Å². The first kappa shape index (κ1) is 14.0. The molecule has 0 aliphatic heterocycles. The number of nitrogens with zero attached hydrogens (tertiary/aromatic N) is 2. The number of ketones is 1. The molecule has 0 saturated heterocycles. The van der Waals surface area contributed by atoms with E-state index >= 15 is 0 Å². The number of Topliss-reactive ketones (excluding diaryl/α,β-unsaturated/α-hetero) is 1. The van der Waals surface area contributed by atoms with E-state index in [1.165, 1.54) is 0 Å². The summed E-state index contributed by atoms with van der Waals surface area (Å²) < 4.78 is 0. The van der Waals surface area contributed by atoms with E-state index in [1.54, 1.807) is 30.6 Å². The monoisotopic (exact) mass is 319 g/mol. The number of nitrogens with one attached hydrogen (secondary N) is 1. The zero-order valence-electron chi connectivity index (χ0n) is 10.9. The van der Waals surface area contributed by atoms with Crippen molar-refractivity contribution in [2.75, 3.05) is 0 Å². The molecule has 0 radical (unpaired) electrons. The van der Waals surface area contributed by atoms with Gasteiger partial charge in [0.15, 0.2) is 5.78 Å². The summed E-state index contributed by atoms with van der Waals surface area (Å²) in [6.07, 6.45) is 4.29. The average molecular weight is 320 g/mol. The summed E-state index contributed by atoms with van der Waals surface area (Å²) in [7, 11) is 0. The van der Waals surface area contributed by atoms with Crippen LogP contribution in [0.1, 0.15) is 22.6 Å². The van der Waals surface area contributed by atoms with Crippen molar-refractivity contribution < 1.29 is 4.79 Å². The highest BCUT2D eigenvalue weighted by molar-refractivity contribution is 6.42. The topological polar surface area (TPSA) is 58.6 Å². The maximum atomic E-state index is 12.1. The summed E-state index contributed by atoms with van der Waals surface area (Å²) in [5.41, 5.74) is 2.28. The van der Waals surface area contributed by atoms with Crippen LogP contribution in [0.3, 0.4) is 0 Å². The van der Waals surface area contributed by atoms with Gasteiger partial charge in [0.05, 0.1) is 27.3 Å². The molecule has 3 aromatic rings. The molecule has 0 bridgehead atoms. The molecule has 2 heterocycles. The second-order valence-corrected chi connectivity index (χ2v) is 5.44. The number of aromatic nitrogens is 3. The number of halogens is 2. The number of rotatable bonds is 4. The SMILES string of the molecule is O=C(CCc1nc2ccncc2[nH]1)c1ccc(Cl)c(Cl)c1. The van der Waals surface area contributed by atoms with Crippen LogP contribution in [0.4, 0.5) is 0 Å². The van der Waals surface area contributed by atoms with Crippen molar-refractivity contribution in [3.63, 3.8) is 0 Å². The van der Waals surface area contributed by atoms with Gasteiger partial charge in [0, 0.05) is 24.6 Å². The maximum absolute atomic E-state index is 12.1. The molecule has 1 aromatic carbocycles. The van der Waals surface area contributed by atoms with Crippen molar-refractivity contribution in [1.82, 2.24) is 15.0 Å². The Morgan fingerprint density at radius 1 is 1.19 bits per heavy atom. The summed E-state index contributed by atoms with van der Waals surface area (Å²) in [5, 5.41) is 0.829. The number of H-pyrrole nitrogens is 1. The van der Waals surface area contributed by atoms with Crippen LogP contribution in [0.25, 0.3) is 11.0 Å². The lowest BCUT2D eigenvalue weighted by molar-refractivity contribution is 0.0982. The van der Waals surface area contributed by atoms with Crippen LogP contribution in [-0.4, -0.2) is 20.7 Å². The lowest BCUT2D eigenvalue weighted by Crippen LogP contribution is -2.02. The molecule has 0 aliphatic carbocycles. The van der Waals surface area contributed by atoms with E-state index in [-0.39, 0.29) is 5.78 Å². The van der Waals surface area contributed by atoms with Gasteiger partial charge in [0.1, 0.15) is 5.82 Å². The van der Waals surface area contributed by atoms with Crippen molar-refractivity contribution in [2.24, 2.45) is 0 Å². The van der Waals surface area contributed by atoms with E-state index in [1.807, 2.05) is 6.07 Å². The van der Waals surface area contributed by atoms with Crippen molar-refractivity contribution in [1.29, 1.82) is 0 Å². The normalized spacial score (nSPS) is 11.0. The summed E-state index contributed by atoms with van der Waals surface area (Å²) >= 11 is 11.8. The molecular weight excluding hydrogens is 309 g/mol. The summed E-state index contributed by atoms with van der Waals surface area (Å²) in [6, 6.07) is 6.73. The van der Waals surface area contributed by atoms with Crippen molar-refractivity contribution in [2.45, 2.75) is 12.8 Å². The van der Waals surface area contributed by atoms with Crippen LogP contribution >= 0.6 is 23.2 Å². The van der Waals surface area contributed by atoms with Crippen molar-refractivity contribution in [3.05, 3.63) is 58.1 Å². The number of benzene rings is 1. The van der Waals surface area contributed by atoms with Gasteiger partial charge in [-0.15, -0.1) is 0 Å². The van der Waals surface area contributed by atoms with Gasteiger partial charge in [-0.3, -0.25) is 9.78 Å². The van der Waals surface area contributed by atoms with Gasteiger partial charge in [0.2, 0.25) is 0 Å². The molecule has 21 heavy (non-hydrogen) atoms. The van der Waals surface area contributed by atoms with E-state index < -0.39 is 0 Å². The molecular formula is C15H11Cl2N3O. The molecule has 6 heteroatoms. The van der Waals surface area contributed by atoms with Crippen LogP contribution < -0.4 is 0 Å². The smallest absolute Gasteiger partial charge is 0.163 e.